The first-order chi connectivity index (χ1) is 11.7. The van der Waals surface area contributed by atoms with E-state index < -0.39 is 0 Å². The average molecular weight is 329 g/mol. The molecule has 1 saturated carbocycles. The molecule has 2 aliphatic rings. The van der Waals surface area contributed by atoms with Crippen molar-refractivity contribution in [3.63, 3.8) is 0 Å². The van der Waals surface area contributed by atoms with E-state index in [1.54, 1.807) is 24.5 Å². The van der Waals surface area contributed by atoms with Crippen molar-refractivity contribution in [2.75, 3.05) is 19.6 Å². The Morgan fingerprint density at radius 3 is 2.54 bits per heavy atom. The number of nitrogens with one attached hydrogen (secondary N) is 1. The maximum Gasteiger partial charge on any atom is 0.252 e. The number of amides is 2. The fraction of sp³-hybridized carbons (Fsp3) is 0.632. The quantitative estimate of drug-likeness (QED) is 0.903. The second kappa shape index (κ2) is 8.27. The Kier molecular flexibility index (Phi) is 5.83. The first-order valence-corrected chi connectivity index (χ1v) is 9.18. The average Bonchev–Trinajstić information content (AvgIpc) is 3.14. The lowest BCUT2D eigenvalue weighted by molar-refractivity contribution is -0.133. The molecule has 2 fully saturated rings. The van der Waals surface area contributed by atoms with Gasteiger partial charge in [0.05, 0.1) is 5.56 Å². The number of rotatable bonds is 5. The van der Waals surface area contributed by atoms with E-state index in [0.29, 0.717) is 29.9 Å². The minimum Gasteiger partial charge on any atom is -0.352 e. The number of nitrogens with zero attached hydrogens (tertiary/aromatic N) is 2. The van der Waals surface area contributed by atoms with Gasteiger partial charge in [-0.25, -0.2) is 0 Å². The molecule has 1 N–H and O–H groups in total. The van der Waals surface area contributed by atoms with Crippen LogP contribution >= 0.6 is 0 Å². The minimum absolute atomic E-state index is 0.0668. The fourth-order valence-corrected chi connectivity index (χ4v) is 3.81. The number of carbonyl (C=O) groups excluding carboxylic acids is 2. The van der Waals surface area contributed by atoms with Crippen LogP contribution in [-0.4, -0.2) is 41.3 Å². The zero-order valence-corrected chi connectivity index (χ0v) is 14.2. The lowest BCUT2D eigenvalue weighted by atomic mass is 9.95. The standard InChI is InChI=1S/C19H27N3O2/c23-18(12-15-4-1-2-5-15)22-10-7-16(8-11-22)13-21-19(24)17-6-3-9-20-14-17/h3,6,9,14-16H,1-2,4-5,7-8,10-13H2,(H,21,24). The summed E-state index contributed by atoms with van der Waals surface area (Å²) < 4.78 is 0. The zero-order chi connectivity index (χ0) is 16.8. The molecule has 24 heavy (non-hydrogen) atoms. The molecule has 0 atom stereocenters. The molecule has 2 heterocycles. The Bertz CT molecular complexity index is 547. The van der Waals surface area contributed by atoms with Crippen molar-refractivity contribution in [2.24, 2.45) is 11.8 Å². The van der Waals surface area contributed by atoms with Crippen molar-refractivity contribution >= 4 is 11.8 Å². The predicted octanol–water partition coefficient (Wildman–Crippen LogP) is 2.63. The monoisotopic (exact) mass is 329 g/mol. The summed E-state index contributed by atoms with van der Waals surface area (Å²) in [7, 11) is 0. The van der Waals surface area contributed by atoms with Gasteiger partial charge in [0, 0.05) is 38.4 Å². The molecule has 5 heteroatoms. The highest BCUT2D eigenvalue weighted by Crippen LogP contribution is 2.28. The fourth-order valence-electron chi connectivity index (χ4n) is 3.81. The number of aromatic nitrogens is 1. The van der Waals surface area contributed by atoms with Gasteiger partial charge in [-0.2, -0.15) is 0 Å². The summed E-state index contributed by atoms with van der Waals surface area (Å²) in [5.74, 6) is 1.35. The van der Waals surface area contributed by atoms with Gasteiger partial charge in [0.25, 0.3) is 5.91 Å². The third-order valence-corrected chi connectivity index (χ3v) is 5.38. The molecule has 5 nitrogen and oxygen atoms in total. The van der Waals surface area contributed by atoms with Gasteiger partial charge in [-0.05, 0) is 49.7 Å². The Balaban J connectivity index is 1.37. The van der Waals surface area contributed by atoms with Gasteiger partial charge in [0.1, 0.15) is 0 Å². The number of hydrogen-bond acceptors (Lipinski definition) is 3. The van der Waals surface area contributed by atoms with Crippen molar-refractivity contribution in [2.45, 2.75) is 44.9 Å². The third kappa shape index (κ3) is 4.56. The molecule has 1 aromatic rings. The lowest BCUT2D eigenvalue weighted by Crippen LogP contribution is -2.42. The van der Waals surface area contributed by atoms with Crippen molar-refractivity contribution in [1.82, 2.24) is 15.2 Å². The molecule has 2 amide bonds. The van der Waals surface area contributed by atoms with Crippen LogP contribution in [-0.2, 0) is 4.79 Å². The predicted molar refractivity (Wildman–Crippen MR) is 92.4 cm³/mol. The molecule has 0 aromatic carbocycles. The SMILES string of the molecule is O=C(NCC1CCN(C(=O)CC2CCCC2)CC1)c1cccnc1. The third-order valence-electron chi connectivity index (χ3n) is 5.38. The van der Waals surface area contributed by atoms with Crippen molar-refractivity contribution in [1.29, 1.82) is 0 Å². The number of hydrogen-bond donors (Lipinski definition) is 1. The molecule has 1 aromatic heterocycles. The van der Waals surface area contributed by atoms with Crippen molar-refractivity contribution < 1.29 is 9.59 Å². The number of pyridine rings is 1. The van der Waals surface area contributed by atoms with Crippen LogP contribution < -0.4 is 5.32 Å². The summed E-state index contributed by atoms with van der Waals surface area (Å²) >= 11 is 0. The molecular weight excluding hydrogens is 302 g/mol. The van der Waals surface area contributed by atoms with Gasteiger partial charge < -0.3 is 10.2 Å². The second-order valence-electron chi connectivity index (χ2n) is 7.13. The van der Waals surface area contributed by atoms with E-state index in [-0.39, 0.29) is 5.91 Å². The number of carbonyl (C=O) groups is 2. The zero-order valence-electron chi connectivity index (χ0n) is 14.2. The molecule has 1 aliphatic carbocycles. The molecule has 130 valence electrons. The van der Waals surface area contributed by atoms with E-state index in [0.717, 1.165) is 32.4 Å². The topological polar surface area (TPSA) is 62.3 Å². The molecule has 3 rings (SSSR count). The largest absolute Gasteiger partial charge is 0.352 e. The summed E-state index contributed by atoms with van der Waals surface area (Å²) in [5, 5.41) is 2.99. The van der Waals surface area contributed by atoms with E-state index in [9.17, 15) is 9.59 Å². The molecule has 0 radical (unpaired) electrons. The lowest BCUT2D eigenvalue weighted by Gasteiger charge is -2.32. The van der Waals surface area contributed by atoms with Gasteiger partial charge in [0.2, 0.25) is 5.91 Å². The van der Waals surface area contributed by atoms with Crippen LogP contribution in [0, 0.1) is 11.8 Å². The van der Waals surface area contributed by atoms with Crippen LogP contribution in [0.5, 0.6) is 0 Å². The van der Waals surface area contributed by atoms with Crippen molar-refractivity contribution in [3.8, 4) is 0 Å². The van der Waals surface area contributed by atoms with E-state index in [4.69, 9.17) is 0 Å². The Hall–Kier alpha value is -1.91. The van der Waals surface area contributed by atoms with Gasteiger partial charge in [0.15, 0.2) is 0 Å². The number of likely N-dealkylation sites (tertiary alicyclic amines) is 1. The summed E-state index contributed by atoms with van der Waals surface area (Å²) in [5.41, 5.74) is 0.599. The summed E-state index contributed by atoms with van der Waals surface area (Å²) in [6, 6.07) is 3.54. The Morgan fingerprint density at radius 2 is 1.88 bits per heavy atom. The van der Waals surface area contributed by atoms with Crippen LogP contribution in [0.4, 0.5) is 0 Å². The van der Waals surface area contributed by atoms with E-state index >= 15 is 0 Å². The Morgan fingerprint density at radius 1 is 1.12 bits per heavy atom. The summed E-state index contributed by atoms with van der Waals surface area (Å²) in [4.78, 5) is 30.4. The minimum atomic E-state index is -0.0668. The second-order valence-corrected chi connectivity index (χ2v) is 7.13. The van der Waals surface area contributed by atoms with Gasteiger partial charge in [-0.15, -0.1) is 0 Å². The molecule has 1 aliphatic heterocycles. The summed E-state index contributed by atoms with van der Waals surface area (Å²) in [6.45, 7) is 2.34. The van der Waals surface area contributed by atoms with Crippen LogP contribution in [0.2, 0.25) is 0 Å². The van der Waals surface area contributed by atoms with E-state index in [1.807, 2.05) is 4.90 Å². The van der Waals surface area contributed by atoms with Gasteiger partial charge in [-0.1, -0.05) is 12.8 Å². The molecule has 0 bridgehead atoms. The maximum atomic E-state index is 12.4. The first kappa shape index (κ1) is 16.9. The molecule has 1 saturated heterocycles. The number of piperidine rings is 1. The maximum absolute atomic E-state index is 12.4. The summed E-state index contributed by atoms with van der Waals surface area (Å²) in [6.07, 6.45) is 11.0. The van der Waals surface area contributed by atoms with Gasteiger partial charge in [-0.3, -0.25) is 14.6 Å². The highest BCUT2D eigenvalue weighted by atomic mass is 16.2. The molecule has 0 unspecified atom stereocenters. The van der Waals surface area contributed by atoms with E-state index in [1.165, 1.54) is 25.7 Å². The van der Waals surface area contributed by atoms with E-state index in [2.05, 4.69) is 10.3 Å². The highest BCUT2D eigenvalue weighted by molar-refractivity contribution is 5.93. The van der Waals surface area contributed by atoms with Crippen LogP contribution in [0.25, 0.3) is 0 Å². The van der Waals surface area contributed by atoms with Crippen molar-refractivity contribution in [3.05, 3.63) is 30.1 Å². The first-order valence-electron chi connectivity index (χ1n) is 9.18. The van der Waals surface area contributed by atoms with Gasteiger partial charge >= 0.3 is 0 Å². The van der Waals surface area contributed by atoms with Crippen LogP contribution in [0.15, 0.2) is 24.5 Å². The normalized spacial score (nSPS) is 19.4. The molecule has 0 spiro atoms. The Labute approximate surface area is 143 Å². The van der Waals surface area contributed by atoms with Crippen LogP contribution in [0.3, 0.4) is 0 Å². The molecular formula is C19H27N3O2. The smallest absolute Gasteiger partial charge is 0.252 e. The van der Waals surface area contributed by atoms with Crippen LogP contribution in [0.1, 0.15) is 55.3 Å². The highest BCUT2D eigenvalue weighted by Gasteiger charge is 2.26.